The fourth-order valence-corrected chi connectivity index (χ4v) is 4.13. The van der Waals surface area contributed by atoms with Crippen molar-refractivity contribution in [1.82, 2.24) is 9.21 Å². The van der Waals surface area contributed by atoms with Gasteiger partial charge in [0, 0.05) is 44.7 Å². The lowest BCUT2D eigenvalue weighted by atomic mass is 10.1. The van der Waals surface area contributed by atoms with Crippen molar-refractivity contribution in [3.8, 4) is 0 Å². The van der Waals surface area contributed by atoms with Gasteiger partial charge in [-0.2, -0.15) is 0 Å². The van der Waals surface area contributed by atoms with Gasteiger partial charge in [0.2, 0.25) is 15.9 Å². The Hall–Kier alpha value is -1.77. The Bertz CT molecular complexity index is 738. The molecule has 26 heavy (non-hydrogen) atoms. The van der Waals surface area contributed by atoms with Gasteiger partial charge in [-0.3, -0.25) is 9.59 Å². The minimum absolute atomic E-state index is 0.0495. The molecule has 1 fully saturated rings. The normalized spacial score (nSPS) is 16.1. The van der Waals surface area contributed by atoms with Gasteiger partial charge in [-0.15, -0.1) is 0 Å². The van der Waals surface area contributed by atoms with Crippen LogP contribution in [0.3, 0.4) is 0 Å². The number of hydrogen-bond acceptors (Lipinski definition) is 5. The Morgan fingerprint density at radius 2 is 1.77 bits per heavy atom. The molecule has 0 unspecified atom stereocenters. The summed E-state index contributed by atoms with van der Waals surface area (Å²) < 4.78 is 26.4. The number of amides is 1. The number of benzene rings is 1. The van der Waals surface area contributed by atoms with E-state index in [1.54, 1.807) is 4.90 Å². The Balaban J connectivity index is 1.87. The predicted octanol–water partition coefficient (Wildman–Crippen LogP) is 1.24. The van der Waals surface area contributed by atoms with Gasteiger partial charge >= 0.3 is 0 Å². The molecule has 0 saturated carbocycles. The summed E-state index contributed by atoms with van der Waals surface area (Å²) in [5.74, 6) is -0.0620. The van der Waals surface area contributed by atoms with Crippen molar-refractivity contribution < 1.29 is 18.0 Å². The number of likely N-dealkylation sites (tertiary alicyclic amines) is 1. The van der Waals surface area contributed by atoms with Gasteiger partial charge in [0.05, 0.1) is 4.90 Å². The van der Waals surface area contributed by atoms with E-state index in [9.17, 15) is 18.0 Å². The molecule has 1 aliphatic rings. The Morgan fingerprint density at radius 1 is 1.19 bits per heavy atom. The van der Waals surface area contributed by atoms with E-state index in [2.05, 4.69) is 0 Å². The van der Waals surface area contributed by atoms with Gasteiger partial charge in [-0.25, -0.2) is 12.7 Å². The van der Waals surface area contributed by atoms with Gasteiger partial charge in [-0.05, 0) is 38.3 Å². The summed E-state index contributed by atoms with van der Waals surface area (Å²) in [6.07, 6.45) is 2.41. The zero-order valence-electron chi connectivity index (χ0n) is 15.3. The number of hydrogen-bond donors (Lipinski definition) is 1. The summed E-state index contributed by atoms with van der Waals surface area (Å²) in [7, 11) is -2.13. The highest BCUT2D eigenvalue weighted by molar-refractivity contribution is 7.89. The summed E-state index contributed by atoms with van der Waals surface area (Å²) in [6, 6.07) is 6.06. The Morgan fingerprint density at radius 3 is 2.31 bits per heavy atom. The van der Waals surface area contributed by atoms with E-state index >= 15 is 0 Å². The molecule has 0 atom stereocenters. The van der Waals surface area contributed by atoms with E-state index in [1.807, 2.05) is 0 Å². The smallest absolute Gasteiger partial charge is 0.242 e. The Labute approximate surface area is 155 Å². The largest absolute Gasteiger partial charge is 0.343 e. The van der Waals surface area contributed by atoms with Gasteiger partial charge in [-0.1, -0.05) is 12.1 Å². The van der Waals surface area contributed by atoms with Crippen LogP contribution >= 0.6 is 0 Å². The molecule has 1 aliphatic heterocycles. The second-order valence-electron chi connectivity index (χ2n) is 6.73. The summed E-state index contributed by atoms with van der Waals surface area (Å²) in [5, 5.41) is 0. The molecule has 0 aliphatic carbocycles. The molecule has 0 bridgehead atoms. The molecule has 0 aromatic heterocycles. The van der Waals surface area contributed by atoms with E-state index < -0.39 is 10.0 Å². The Kier molecular flexibility index (Phi) is 6.91. The van der Waals surface area contributed by atoms with Crippen LogP contribution in [-0.2, 0) is 14.8 Å². The van der Waals surface area contributed by atoms with E-state index in [-0.39, 0.29) is 29.2 Å². The monoisotopic (exact) mass is 381 g/mol. The average Bonchev–Trinajstić information content (AvgIpc) is 2.62. The van der Waals surface area contributed by atoms with Gasteiger partial charge in [0.25, 0.3) is 0 Å². The fraction of sp³-hybridized carbons (Fsp3) is 0.556. The molecule has 144 valence electrons. The van der Waals surface area contributed by atoms with Crippen molar-refractivity contribution in [2.45, 2.75) is 43.5 Å². The highest BCUT2D eigenvalue weighted by atomic mass is 32.2. The maximum atomic E-state index is 12.6. The predicted molar refractivity (Wildman–Crippen MR) is 99.3 cm³/mol. The average molecular weight is 381 g/mol. The van der Waals surface area contributed by atoms with Crippen molar-refractivity contribution in [3.63, 3.8) is 0 Å². The molecular formula is C18H27N3O4S. The van der Waals surface area contributed by atoms with Crippen molar-refractivity contribution in [2.24, 2.45) is 5.73 Å². The number of ketones is 1. The van der Waals surface area contributed by atoms with Crippen LogP contribution < -0.4 is 5.73 Å². The van der Waals surface area contributed by atoms with Crippen LogP contribution in [0.25, 0.3) is 0 Å². The lowest BCUT2D eigenvalue weighted by molar-refractivity contribution is -0.132. The van der Waals surface area contributed by atoms with Crippen LogP contribution in [0.15, 0.2) is 29.2 Å². The molecular weight excluding hydrogens is 354 g/mol. The molecule has 8 heteroatoms. The number of nitrogens with two attached hydrogens (primary N) is 1. The number of carbonyl (C=O) groups excluding carboxylic acids is 2. The number of Topliss-reactive ketones (excluding diaryl/α,β-unsaturated/α-hetero) is 1. The van der Waals surface area contributed by atoms with Crippen LogP contribution in [0, 0.1) is 0 Å². The van der Waals surface area contributed by atoms with Crippen molar-refractivity contribution in [1.29, 1.82) is 0 Å². The third-order valence-corrected chi connectivity index (χ3v) is 6.60. The molecule has 1 saturated heterocycles. The van der Waals surface area contributed by atoms with Gasteiger partial charge in [0.15, 0.2) is 5.78 Å². The van der Waals surface area contributed by atoms with Crippen LogP contribution in [0.2, 0.25) is 0 Å². The minimum Gasteiger partial charge on any atom is -0.343 e. The lowest BCUT2D eigenvalue weighted by Gasteiger charge is -2.30. The first-order valence-corrected chi connectivity index (χ1v) is 10.3. The number of nitrogens with zero attached hydrogens (tertiary/aromatic N) is 2. The molecule has 1 aromatic carbocycles. The number of carbonyl (C=O) groups is 2. The number of piperidine rings is 1. The third-order valence-electron chi connectivity index (χ3n) is 4.72. The zero-order valence-corrected chi connectivity index (χ0v) is 16.2. The zero-order chi connectivity index (χ0) is 19.3. The molecule has 1 heterocycles. The SMILES string of the molecule is CC(=O)c1ccc(S(=O)(=O)N(C)CCCC(=O)N2CCC(N)CC2)cc1. The fourth-order valence-electron chi connectivity index (χ4n) is 2.92. The first kappa shape index (κ1) is 20.5. The van der Waals surface area contributed by atoms with Crippen LogP contribution in [0.5, 0.6) is 0 Å². The minimum atomic E-state index is -3.63. The topological polar surface area (TPSA) is 101 Å². The molecule has 7 nitrogen and oxygen atoms in total. The van der Waals surface area contributed by atoms with Crippen LogP contribution in [0.4, 0.5) is 0 Å². The van der Waals surface area contributed by atoms with E-state index in [0.717, 1.165) is 12.8 Å². The highest BCUT2D eigenvalue weighted by Crippen LogP contribution is 2.17. The first-order valence-electron chi connectivity index (χ1n) is 8.82. The van der Waals surface area contributed by atoms with Crippen molar-refractivity contribution >= 4 is 21.7 Å². The second-order valence-corrected chi connectivity index (χ2v) is 8.77. The van der Waals surface area contributed by atoms with E-state index in [1.165, 1.54) is 42.5 Å². The first-order chi connectivity index (χ1) is 12.2. The lowest BCUT2D eigenvalue weighted by Crippen LogP contribution is -2.43. The van der Waals surface area contributed by atoms with E-state index in [0.29, 0.717) is 31.5 Å². The highest BCUT2D eigenvalue weighted by Gasteiger charge is 2.23. The molecule has 1 amide bonds. The van der Waals surface area contributed by atoms with Crippen LogP contribution in [0.1, 0.15) is 43.0 Å². The summed E-state index contributed by atoms with van der Waals surface area (Å²) in [4.78, 5) is 25.4. The van der Waals surface area contributed by atoms with Crippen molar-refractivity contribution in [2.75, 3.05) is 26.7 Å². The number of sulfonamides is 1. The van der Waals surface area contributed by atoms with E-state index in [4.69, 9.17) is 5.73 Å². The standard InChI is InChI=1S/C18H27N3O4S/c1-14(22)15-5-7-17(8-6-15)26(24,25)20(2)11-3-4-18(23)21-12-9-16(19)10-13-21/h5-8,16H,3-4,9-13,19H2,1-2H3. The molecule has 0 spiro atoms. The third kappa shape index (κ3) is 5.12. The summed E-state index contributed by atoms with van der Waals surface area (Å²) >= 11 is 0. The number of rotatable bonds is 7. The molecule has 2 N–H and O–H groups in total. The molecule has 0 radical (unpaired) electrons. The molecule has 1 aromatic rings. The van der Waals surface area contributed by atoms with Gasteiger partial charge in [0.1, 0.15) is 0 Å². The van der Waals surface area contributed by atoms with Crippen molar-refractivity contribution in [3.05, 3.63) is 29.8 Å². The quantitative estimate of drug-likeness (QED) is 0.716. The maximum absolute atomic E-state index is 12.6. The summed E-state index contributed by atoms with van der Waals surface area (Å²) in [5.41, 5.74) is 6.31. The second kappa shape index (κ2) is 8.75. The molecule has 2 rings (SSSR count). The summed E-state index contributed by atoms with van der Waals surface area (Å²) in [6.45, 7) is 3.05. The maximum Gasteiger partial charge on any atom is 0.242 e. The van der Waals surface area contributed by atoms with Crippen LogP contribution in [-0.4, -0.2) is 62.0 Å². The van der Waals surface area contributed by atoms with Gasteiger partial charge < -0.3 is 10.6 Å².